The van der Waals surface area contributed by atoms with E-state index in [9.17, 15) is 0 Å². The molecule has 1 aromatic carbocycles. The minimum Gasteiger partial charge on any atom is -0.319 e. The third-order valence-electron chi connectivity index (χ3n) is 4.44. The van der Waals surface area contributed by atoms with E-state index in [2.05, 4.69) is 44.3 Å². The van der Waals surface area contributed by atoms with E-state index in [1.54, 1.807) is 0 Å². The van der Waals surface area contributed by atoms with Gasteiger partial charge in [-0.15, -0.1) is 10.2 Å². The van der Waals surface area contributed by atoms with Crippen LogP contribution in [0.4, 0.5) is 0 Å². The highest BCUT2D eigenvalue weighted by atomic mass is 15.3. The van der Waals surface area contributed by atoms with Gasteiger partial charge in [0.2, 0.25) is 0 Å². The minimum absolute atomic E-state index is 0.570. The molecule has 1 aromatic heterocycles. The van der Waals surface area contributed by atoms with Crippen LogP contribution in [0, 0.1) is 0 Å². The SMILES string of the molecule is CNCCc1ccccc1-c1nncn1C1CCCCC1. The van der Waals surface area contributed by atoms with E-state index in [-0.39, 0.29) is 0 Å². The van der Waals surface area contributed by atoms with Crippen molar-refractivity contribution in [1.29, 1.82) is 0 Å². The summed E-state index contributed by atoms with van der Waals surface area (Å²) in [5, 5.41) is 11.8. The van der Waals surface area contributed by atoms with Gasteiger partial charge in [0.05, 0.1) is 0 Å². The maximum atomic E-state index is 4.42. The van der Waals surface area contributed by atoms with Gasteiger partial charge in [-0.25, -0.2) is 0 Å². The first kappa shape index (κ1) is 14.3. The molecule has 0 spiro atoms. The van der Waals surface area contributed by atoms with Crippen LogP contribution in [0.1, 0.15) is 43.7 Å². The fraction of sp³-hybridized carbons (Fsp3) is 0.529. The standard InChI is InChI=1S/C17H24N4/c1-18-12-11-14-7-5-6-10-16(14)17-20-19-13-21(17)15-8-3-2-4-9-15/h5-7,10,13,15,18H,2-4,8-9,11-12H2,1H3. The van der Waals surface area contributed by atoms with Crippen LogP contribution in [0.15, 0.2) is 30.6 Å². The van der Waals surface area contributed by atoms with E-state index in [0.29, 0.717) is 6.04 Å². The van der Waals surface area contributed by atoms with Gasteiger partial charge in [-0.05, 0) is 38.4 Å². The lowest BCUT2D eigenvalue weighted by Crippen LogP contribution is -2.14. The van der Waals surface area contributed by atoms with E-state index < -0.39 is 0 Å². The zero-order valence-electron chi connectivity index (χ0n) is 12.8. The predicted molar refractivity (Wildman–Crippen MR) is 85.2 cm³/mol. The average molecular weight is 284 g/mol. The van der Waals surface area contributed by atoms with Gasteiger partial charge < -0.3 is 9.88 Å². The lowest BCUT2D eigenvalue weighted by atomic mass is 9.95. The van der Waals surface area contributed by atoms with Crippen molar-refractivity contribution in [1.82, 2.24) is 20.1 Å². The van der Waals surface area contributed by atoms with Crippen molar-refractivity contribution >= 4 is 0 Å². The second-order valence-electron chi connectivity index (χ2n) is 5.86. The monoisotopic (exact) mass is 284 g/mol. The van der Waals surface area contributed by atoms with Gasteiger partial charge >= 0.3 is 0 Å². The summed E-state index contributed by atoms with van der Waals surface area (Å²) in [6.07, 6.45) is 9.46. The highest BCUT2D eigenvalue weighted by Crippen LogP contribution is 2.32. The molecule has 0 unspecified atom stereocenters. The number of aromatic nitrogens is 3. The van der Waals surface area contributed by atoms with Gasteiger partial charge in [-0.2, -0.15) is 0 Å². The Kier molecular flexibility index (Phi) is 4.65. The average Bonchev–Trinajstić information content (AvgIpc) is 3.03. The normalized spacial score (nSPS) is 16.2. The Morgan fingerprint density at radius 1 is 1.19 bits per heavy atom. The topological polar surface area (TPSA) is 42.7 Å². The summed E-state index contributed by atoms with van der Waals surface area (Å²) in [6, 6.07) is 9.15. The number of nitrogens with zero attached hydrogens (tertiary/aromatic N) is 3. The fourth-order valence-corrected chi connectivity index (χ4v) is 3.28. The molecule has 1 saturated carbocycles. The molecule has 4 nitrogen and oxygen atoms in total. The van der Waals surface area contributed by atoms with E-state index >= 15 is 0 Å². The fourth-order valence-electron chi connectivity index (χ4n) is 3.28. The second-order valence-corrected chi connectivity index (χ2v) is 5.86. The molecule has 21 heavy (non-hydrogen) atoms. The number of rotatable bonds is 5. The maximum Gasteiger partial charge on any atom is 0.164 e. The minimum atomic E-state index is 0.570. The van der Waals surface area contributed by atoms with Crippen molar-refractivity contribution in [3.05, 3.63) is 36.2 Å². The zero-order valence-corrected chi connectivity index (χ0v) is 12.8. The van der Waals surface area contributed by atoms with Gasteiger partial charge in [0.25, 0.3) is 0 Å². The van der Waals surface area contributed by atoms with Crippen molar-refractivity contribution in [3.63, 3.8) is 0 Å². The Balaban J connectivity index is 1.92. The molecule has 112 valence electrons. The van der Waals surface area contributed by atoms with Crippen LogP contribution < -0.4 is 5.32 Å². The molecule has 1 fully saturated rings. The summed E-state index contributed by atoms with van der Waals surface area (Å²) < 4.78 is 2.30. The molecular formula is C17H24N4. The summed E-state index contributed by atoms with van der Waals surface area (Å²) in [5.41, 5.74) is 2.58. The largest absolute Gasteiger partial charge is 0.319 e. The summed E-state index contributed by atoms with van der Waals surface area (Å²) in [7, 11) is 1.99. The summed E-state index contributed by atoms with van der Waals surface area (Å²) in [5.74, 6) is 1.04. The van der Waals surface area contributed by atoms with Crippen LogP contribution in [-0.4, -0.2) is 28.4 Å². The summed E-state index contributed by atoms with van der Waals surface area (Å²) in [4.78, 5) is 0. The van der Waals surface area contributed by atoms with E-state index in [4.69, 9.17) is 0 Å². The number of likely N-dealkylation sites (N-methyl/N-ethyl adjacent to an activating group) is 1. The quantitative estimate of drug-likeness (QED) is 0.916. The molecular weight excluding hydrogens is 260 g/mol. The molecule has 4 heteroatoms. The van der Waals surface area contributed by atoms with Gasteiger partial charge in [-0.1, -0.05) is 43.5 Å². The number of hydrogen-bond donors (Lipinski definition) is 1. The first-order valence-corrected chi connectivity index (χ1v) is 8.02. The Labute approximate surface area is 126 Å². The molecule has 1 aliphatic rings. The Morgan fingerprint density at radius 3 is 2.81 bits per heavy atom. The van der Waals surface area contributed by atoms with Crippen LogP contribution in [0.2, 0.25) is 0 Å². The van der Waals surface area contributed by atoms with E-state index in [1.807, 2.05) is 13.4 Å². The van der Waals surface area contributed by atoms with Crippen molar-refractivity contribution in [2.24, 2.45) is 0 Å². The highest BCUT2D eigenvalue weighted by Gasteiger charge is 2.20. The third-order valence-corrected chi connectivity index (χ3v) is 4.44. The van der Waals surface area contributed by atoms with Crippen LogP contribution >= 0.6 is 0 Å². The molecule has 0 radical (unpaired) electrons. The molecule has 2 aromatic rings. The van der Waals surface area contributed by atoms with Crippen molar-refractivity contribution in [2.45, 2.75) is 44.6 Å². The highest BCUT2D eigenvalue weighted by molar-refractivity contribution is 5.60. The number of hydrogen-bond acceptors (Lipinski definition) is 3. The molecule has 0 atom stereocenters. The lowest BCUT2D eigenvalue weighted by molar-refractivity contribution is 0.355. The molecule has 0 bridgehead atoms. The zero-order chi connectivity index (χ0) is 14.5. The smallest absolute Gasteiger partial charge is 0.164 e. The lowest BCUT2D eigenvalue weighted by Gasteiger charge is -2.24. The van der Waals surface area contributed by atoms with Crippen LogP contribution in [0.5, 0.6) is 0 Å². The van der Waals surface area contributed by atoms with E-state index in [0.717, 1.165) is 18.8 Å². The Morgan fingerprint density at radius 2 is 2.00 bits per heavy atom. The maximum absolute atomic E-state index is 4.42. The second kappa shape index (κ2) is 6.85. The summed E-state index contributed by atoms with van der Waals surface area (Å²) in [6.45, 7) is 0.981. The molecule has 0 amide bonds. The predicted octanol–water partition coefficient (Wildman–Crippen LogP) is 3.21. The van der Waals surface area contributed by atoms with Crippen LogP contribution in [0.3, 0.4) is 0 Å². The molecule has 1 heterocycles. The third kappa shape index (κ3) is 3.16. The van der Waals surface area contributed by atoms with Crippen molar-refractivity contribution < 1.29 is 0 Å². The summed E-state index contributed by atoms with van der Waals surface area (Å²) >= 11 is 0. The number of nitrogens with one attached hydrogen (secondary N) is 1. The van der Waals surface area contributed by atoms with E-state index in [1.165, 1.54) is 43.2 Å². The molecule has 1 N–H and O–H groups in total. The van der Waals surface area contributed by atoms with Crippen LogP contribution in [-0.2, 0) is 6.42 Å². The Hall–Kier alpha value is -1.68. The number of benzene rings is 1. The molecule has 0 saturated heterocycles. The van der Waals surface area contributed by atoms with Gasteiger partial charge in [0, 0.05) is 11.6 Å². The van der Waals surface area contributed by atoms with Crippen molar-refractivity contribution in [3.8, 4) is 11.4 Å². The van der Waals surface area contributed by atoms with Crippen LogP contribution in [0.25, 0.3) is 11.4 Å². The van der Waals surface area contributed by atoms with Crippen molar-refractivity contribution in [2.75, 3.05) is 13.6 Å². The molecule has 3 rings (SSSR count). The first-order chi connectivity index (χ1) is 10.4. The van der Waals surface area contributed by atoms with Gasteiger partial charge in [0.1, 0.15) is 6.33 Å². The van der Waals surface area contributed by atoms with Gasteiger partial charge in [-0.3, -0.25) is 0 Å². The first-order valence-electron chi connectivity index (χ1n) is 8.02. The van der Waals surface area contributed by atoms with Gasteiger partial charge in [0.15, 0.2) is 5.82 Å². The Bertz CT molecular complexity index is 570. The molecule has 0 aliphatic heterocycles. The molecule has 1 aliphatic carbocycles.